The fourth-order valence-corrected chi connectivity index (χ4v) is 2.94. The highest BCUT2D eigenvalue weighted by atomic mass is 32.2. The molecule has 0 aromatic carbocycles. The molecule has 1 rings (SSSR count). The van der Waals surface area contributed by atoms with Crippen LogP contribution in [0.1, 0.15) is 26.7 Å². The van der Waals surface area contributed by atoms with Crippen molar-refractivity contribution in [1.82, 2.24) is 4.90 Å². The first-order valence-electron chi connectivity index (χ1n) is 6.10. The summed E-state index contributed by atoms with van der Waals surface area (Å²) in [5, 5.41) is 7.08. The fourth-order valence-electron chi connectivity index (χ4n) is 1.96. The minimum absolute atomic E-state index is 0.188. The number of nitrogens with two attached hydrogens (primary N) is 1. The molecule has 6 heteroatoms. The van der Waals surface area contributed by atoms with E-state index in [1.807, 2.05) is 0 Å². The molecule has 5 nitrogen and oxygen atoms in total. The lowest BCUT2D eigenvalue weighted by Crippen LogP contribution is -2.40. The highest BCUT2D eigenvalue weighted by Crippen LogP contribution is 2.16. The average molecular weight is 261 g/mol. The van der Waals surface area contributed by atoms with Gasteiger partial charge in [-0.2, -0.15) is 0 Å². The number of piperidine rings is 1. The normalized spacial score (nSPS) is 19.7. The molecule has 0 unspecified atom stereocenters. The molecule has 1 fully saturated rings. The molecule has 1 saturated heterocycles. The molecule has 1 aliphatic heterocycles. The monoisotopic (exact) mass is 261 g/mol. The van der Waals surface area contributed by atoms with E-state index in [1.54, 1.807) is 13.8 Å². The van der Waals surface area contributed by atoms with E-state index >= 15 is 0 Å². The number of hydrogen-bond acceptors (Lipinski definition) is 4. The quantitative estimate of drug-likeness (QED) is 0.556. The van der Waals surface area contributed by atoms with Crippen molar-refractivity contribution in [3.63, 3.8) is 0 Å². The molecule has 17 heavy (non-hydrogen) atoms. The van der Waals surface area contributed by atoms with Crippen molar-refractivity contribution in [2.45, 2.75) is 31.9 Å². The van der Waals surface area contributed by atoms with Crippen LogP contribution in [0, 0.1) is 11.3 Å². The molecule has 0 aliphatic carbocycles. The molecule has 0 atom stereocenters. The van der Waals surface area contributed by atoms with Crippen LogP contribution in [0.3, 0.4) is 0 Å². The van der Waals surface area contributed by atoms with Gasteiger partial charge in [0.25, 0.3) is 0 Å². The number of nitrogens with zero attached hydrogens (tertiary/aromatic N) is 1. The van der Waals surface area contributed by atoms with Crippen molar-refractivity contribution in [3.05, 3.63) is 0 Å². The van der Waals surface area contributed by atoms with Crippen LogP contribution in [0.2, 0.25) is 0 Å². The van der Waals surface area contributed by atoms with Crippen molar-refractivity contribution in [2.24, 2.45) is 11.7 Å². The number of amidine groups is 1. The number of nitrogens with one attached hydrogen (secondary N) is 1. The molecule has 0 spiro atoms. The molecule has 0 radical (unpaired) electrons. The molecule has 3 N–H and O–H groups in total. The van der Waals surface area contributed by atoms with Gasteiger partial charge >= 0.3 is 0 Å². The van der Waals surface area contributed by atoms with Crippen molar-refractivity contribution < 1.29 is 8.42 Å². The fraction of sp³-hybridized carbons (Fsp3) is 0.909. The first-order valence-corrected chi connectivity index (χ1v) is 7.82. The summed E-state index contributed by atoms with van der Waals surface area (Å²) < 4.78 is 23.3. The van der Waals surface area contributed by atoms with Crippen molar-refractivity contribution in [2.75, 3.05) is 25.4 Å². The Balaban J connectivity index is 2.35. The number of hydrogen-bond donors (Lipinski definition) is 2. The van der Waals surface area contributed by atoms with E-state index < -0.39 is 9.84 Å². The van der Waals surface area contributed by atoms with Gasteiger partial charge in [-0.05, 0) is 39.8 Å². The lowest BCUT2D eigenvalue weighted by atomic mass is 9.96. The maximum atomic E-state index is 11.7. The Bertz CT molecular complexity index is 357. The molecule has 1 aliphatic rings. The Morgan fingerprint density at radius 3 is 2.35 bits per heavy atom. The molecule has 100 valence electrons. The third kappa shape index (κ3) is 4.27. The van der Waals surface area contributed by atoms with Gasteiger partial charge in [-0.25, -0.2) is 8.42 Å². The summed E-state index contributed by atoms with van der Waals surface area (Å²) in [6.45, 7) is 5.73. The Kier molecular flexibility index (Phi) is 4.94. The van der Waals surface area contributed by atoms with E-state index in [0.29, 0.717) is 6.54 Å². The molecule has 0 aromatic rings. The number of rotatable bonds is 5. The third-order valence-corrected chi connectivity index (χ3v) is 5.63. The summed E-state index contributed by atoms with van der Waals surface area (Å²) in [6, 6.07) is 0. The first-order chi connectivity index (χ1) is 7.83. The highest BCUT2D eigenvalue weighted by Gasteiger charge is 2.23. The smallest absolute Gasteiger partial charge is 0.153 e. The summed E-state index contributed by atoms with van der Waals surface area (Å²) in [7, 11) is -2.94. The zero-order valence-corrected chi connectivity index (χ0v) is 11.5. The van der Waals surface area contributed by atoms with Gasteiger partial charge in [-0.3, -0.25) is 5.41 Å². The van der Waals surface area contributed by atoms with Crippen LogP contribution >= 0.6 is 0 Å². The predicted octanol–water partition coefficient (Wildman–Crippen LogP) is 0.458. The molecule has 1 heterocycles. The van der Waals surface area contributed by atoms with Gasteiger partial charge in [0.05, 0.1) is 16.8 Å². The summed E-state index contributed by atoms with van der Waals surface area (Å²) >= 11 is 0. The van der Waals surface area contributed by atoms with Crippen molar-refractivity contribution >= 4 is 15.7 Å². The van der Waals surface area contributed by atoms with Crippen LogP contribution in [0.4, 0.5) is 0 Å². The van der Waals surface area contributed by atoms with Gasteiger partial charge in [-0.15, -0.1) is 0 Å². The van der Waals surface area contributed by atoms with Crippen LogP contribution in [-0.2, 0) is 9.84 Å². The number of sulfone groups is 1. The minimum Gasteiger partial charge on any atom is -0.387 e. The Hall–Kier alpha value is -0.620. The molecule has 0 aromatic heterocycles. The SMILES string of the molecule is CC(C)S(=O)(=O)CCN1CCC(C(=N)N)CC1. The van der Waals surface area contributed by atoms with Gasteiger partial charge in [0.2, 0.25) is 0 Å². The van der Waals surface area contributed by atoms with E-state index in [4.69, 9.17) is 11.1 Å². The Morgan fingerprint density at radius 2 is 1.94 bits per heavy atom. The van der Waals surface area contributed by atoms with Gasteiger partial charge in [-0.1, -0.05) is 0 Å². The lowest BCUT2D eigenvalue weighted by Gasteiger charge is -2.31. The molecule has 0 amide bonds. The summed E-state index contributed by atoms with van der Waals surface area (Å²) in [6.07, 6.45) is 1.74. The second kappa shape index (κ2) is 5.82. The van der Waals surface area contributed by atoms with Crippen molar-refractivity contribution in [1.29, 1.82) is 5.41 Å². The van der Waals surface area contributed by atoms with E-state index in [0.717, 1.165) is 25.9 Å². The first kappa shape index (κ1) is 14.4. The summed E-state index contributed by atoms with van der Waals surface area (Å²) in [5.41, 5.74) is 5.46. The van der Waals surface area contributed by atoms with Crippen LogP contribution in [0.25, 0.3) is 0 Å². The topological polar surface area (TPSA) is 87.2 Å². The molecular weight excluding hydrogens is 238 g/mol. The van der Waals surface area contributed by atoms with Gasteiger partial charge < -0.3 is 10.6 Å². The van der Waals surface area contributed by atoms with Crippen LogP contribution in [0.5, 0.6) is 0 Å². The van der Waals surface area contributed by atoms with E-state index in [-0.39, 0.29) is 22.8 Å². The maximum Gasteiger partial charge on any atom is 0.153 e. The van der Waals surface area contributed by atoms with E-state index in [9.17, 15) is 8.42 Å². The molecule has 0 saturated carbocycles. The average Bonchev–Trinajstić information content (AvgIpc) is 2.27. The van der Waals surface area contributed by atoms with Crippen LogP contribution in [0.15, 0.2) is 0 Å². The van der Waals surface area contributed by atoms with E-state index in [2.05, 4.69) is 4.90 Å². The maximum absolute atomic E-state index is 11.7. The molecule has 0 bridgehead atoms. The van der Waals surface area contributed by atoms with E-state index in [1.165, 1.54) is 0 Å². The third-order valence-electron chi connectivity index (χ3n) is 3.44. The van der Waals surface area contributed by atoms with Gasteiger partial charge in [0.1, 0.15) is 0 Å². The zero-order chi connectivity index (χ0) is 13.1. The van der Waals surface area contributed by atoms with Gasteiger partial charge in [0.15, 0.2) is 9.84 Å². The van der Waals surface area contributed by atoms with Crippen LogP contribution in [-0.4, -0.2) is 49.8 Å². The number of likely N-dealkylation sites (tertiary alicyclic amines) is 1. The summed E-state index contributed by atoms with van der Waals surface area (Å²) in [5.74, 6) is 0.683. The summed E-state index contributed by atoms with van der Waals surface area (Å²) in [4.78, 5) is 2.15. The highest BCUT2D eigenvalue weighted by molar-refractivity contribution is 7.92. The van der Waals surface area contributed by atoms with Gasteiger partial charge in [0, 0.05) is 12.5 Å². The Labute approximate surface area is 104 Å². The second-order valence-corrected chi connectivity index (χ2v) is 7.66. The van der Waals surface area contributed by atoms with Crippen LogP contribution < -0.4 is 5.73 Å². The predicted molar refractivity (Wildman–Crippen MR) is 70.0 cm³/mol. The minimum atomic E-state index is -2.94. The Morgan fingerprint density at radius 1 is 1.41 bits per heavy atom. The molecular formula is C11H23N3O2S. The lowest BCUT2D eigenvalue weighted by molar-refractivity contribution is 0.219. The zero-order valence-electron chi connectivity index (χ0n) is 10.6. The largest absolute Gasteiger partial charge is 0.387 e. The second-order valence-electron chi connectivity index (χ2n) is 4.99. The standard InChI is InChI=1S/C11H23N3O2S/c1-9(2)17(15,16)8-7-14-5-3-10(4-6-14)11(12)13/h9-10H,3-8H2,1-2H3,(H3,12,13). The van der Waals surface area contributed by atoms with Crippen molar-refractivity contribution in [3.8, 4) is 0 Å².